The van der Waals surface area contributed by atoms with Crippen LogP contribution in [0.4, 0.5) is 17.1 Å². The van der Waals surface area contributed by atoms with Gasteiger partial charge in [-0.05, 0) is 185 Å². The van der Waals surface area contributed by atoms with Crippen LogP contribution in [-0.4, -0.2) is 4.57 Å². The van der Waals surface area contributed by atoms with Crippen molar-refractivity contribution in [1.29, 1.82) is 0 Å². The number of aromatic nitrogens is 1. The van der Waals surface area contributed by atoms with Gasteiger partial charge in [-0.1, -0.05) is 238 Å². The summed E-state index contributed by atoms with van der Waals surface area (Å²) in [5.41, 5.74) is 31.5. The summed E-state index contributed by atoms with van der Waals surface area (Å²) in [6, 6.07) is 113. The quantitative estimate of drug-likeness (QED) is 0.147. The first-order valence-electron chi connectivity index (χ1n) is 29.4. The van der Waals surface area contributed by atoms with Gasteiger partial charge >= 0.3 is 0 Å². The Morgan fingerprint density at radius 3 is 1.32 bits per heavy atom. The van der Waals surface area contributed by atoms with E-state index in [9.17, 15) is 0 Å². The molecule has 3 aliphatic rings. The van der Waals surface area contributed by atoms with Gasteiger partial charge in [0.25, 0.3) is 0 Å². The summed E-state index contributed by atoms with van der Waals surface area (Å²) >= 11 is 0. The molecule has 0 amide bonds. The van der Waals surface area contributed by atoms with Gasteiger partial charge in [0, 0.05) is 38.8 Å². The van der Waals surface area contributed by atoms with Gasteiger partial charge < -0.3 is 9.47 Å². The Labute approximate surface area is 490 Å². The minimum atomic E-state index is -0.600. The van der Waals surface area contributed by atoms with Crippen LogP contribution in [-0.2, 0) is 10.8 Å². The number of hydrogen-bond acceptors (Lipinski definition) is 1. The summed E-state index contributed by atoms with van der Waals surface area (Å²) in [5.74, 6) is 0. The zero-order valence-corrected chi connectivity index (χ0v) is 46.8. The van der Waals surface area contributed by atoms with E-state index in [4.69, 9.17) is 0 Å². The van der Waals surface area contributed by atoms with Crippen LogP contribution >= 0.6 is 0 Å². The van der Waals surface area contributed by atoms with Crippen LogP contribution in [0.5, 0.6) is 0 Å². The van der Waals surface area contributed by atoms with Crippen LogP contribution in [0, 0.1) is 0 Å². The van der Waals surface area contributed by atoms with Crippen LogP contribution in [0.3, 0.4) is 0 Å². The normalized spacial score (nSPS) is 13.5. The molecule has 13 aromatic carbocycles. The van der Waals surface area contributed by atoms with Gasteiger partial charge in [0.15, 0.2) is 0 Å². The second-order valence-electron chi connectivity index (χ2n) is 23.5. The molecule has 0 fully saturated rings. The maximum Gasteiger partial charge on any atom is 0.0726 e. The predicted octanol–water partition coefficient (Wildman–Crippen LogP) is 21.6. The molecule has 3 aliphatic carbocycles. The number of rotatable bonds is 8. The SMILES string of the molecule is CC1(C)c2ccccc2-c2cc3c4cc(-c5ccc(N(c6ccc(-c7ccccc7)cc6)c6cccc7c6-c6ccccc6C76c7cc(-c8ccccc8)ccc7-c7ccc(-c8ccccc8)cc76)cc5)ccc4n(-c4ccccc4)c3cc21. The molecule has 2 heteroatoms. The van der Waals surface area contributed by atoms with E-state index in [1.165, 1.54) is 133 Å². The largest absolute Gasteiger partial charge is 0.310 e. The van der Waals surface area contributed by atoms with Crippen molar-refractivity contribution in [3.63, 3.8) is 0 Å². The summed E-state index contributed by atoms with van der Waals surface area (Å²) < 4.78 is 2.46. The number of para-hydroxylation sites is 1. The average molecular weight is 1070 g/mol. The fourth-order valence-corrected chi connectivity index (χ4v) is 14.9. The maximum atomic E-state index is 2.50. The number of benzene rings is 13. The zero-order chi connectivity index (χ0) is 55.7. The monoisotopic (exact) mass is 1070 g/mol. The van der Waals surface area contributed by atoms with E-state index in [-0.39, 0.29) is 5.41 Å². The van der Waals surface area contributed by atoms with E-state index in [2.05, 4.69) is 327 Å². The van der Waals surface area contributed by atoms with Crippen molar-refractivity contribution in [1.82, 2.24) is 4.57 Å². The van der Waals surface area contributed by atoms with Crippen molar-refractivity contribution in [3.8, 4) is 83.6 Å². The Hall–Kier alpha value is -10.5. The van der Waals surface area contributed by atoms with Crippen molar-refractivity contribution in [2.24, 2.45) is 0 Å². The molecule has 0 saturated heterocycles. The van der Waals surface area contributed by atoms with Crippen molar-refractivity contribution in [2.45, 2.75) is 24.7 Å². The number of anilines is 3. The first kappa shape index (κ1) is 48.2. The lowest BCUT2D eigenvalue weighted by atomic mass is 9.70. The Kier molecular flexibility index (Phi) is 10.6. The van der Waals surface area contributed by atoms with Crippen LogP contribution in [0.1, 0.15) is 47.2 Å². The molecule has 0 atom stereocenters. The van der Waals surface area contributed by atoms with Crippen LogP contribution in [0.25, 0.3) is 105 Å². The van der Waals surface area contributed by atoms with Gasteiger partial charge in [-0.25, -0.2) is 0 Å². The van der Waals surface area contributed by atoms with Crippen LogP contribution in [0.15, 0.2) is 303 Å². The van der Waals surface area contributed by atoms with Crippen molar-refractivity contribution in [3.05, 3.63) is 337 Å². The highest BCUT2D eigenvalue weighted by Crippen LogP contribution is 2.65. The highest BCUT2D eigenvalue weighted by molar-refractivity contribution is 6.13. The van der Waals surface area contributed by atoms with Crippen LogP contribution in [0.2, 0.25) is 0 Å². The molecule has 84 heavy (non-hydrogen) atoms. The molecular formula is C82H56N2. The highest BCUT2D eigenvalue weighted by Gasteiger charge is 2.53. The number of hydrogen-bond donors (Lipinski definition) is 0. The second-order valence-corrected chi connectivity index (χ2v) is 23.5. The Morgan fingerprint density at radius 2 is 0.714 bits per heavy atom. The van der Waals surface area contributed by atoms with Crippen molar-refractivity contribution < 1.29 is 0 Å². The summed E-state index contributed by atoms with van der Waals surface area (Å²) in [4.78, 5) is 2.50. The summed E-state index contributed by atoms with van der Waals surface area (Å²) in [6.45, 7) is 4.75. The third-order valence-electron chi connectivity index (χ3n) is 18.8. The van der Waals surface area contributed by atoms with E-state index in [0.717, 1.165) is 22.7 Å². The molecule has 0 bridgehead atoms. The van der Waals surface area contributed by atoms with Gasteiger partial charge in [-0.2, -0.15) is 0 Å². The lowest BCUT2D eigenvalue weighted by Crippen LogP contribution is -2.26. The lowest BCUT2D eigenvalue weighted by molar-refractivity contribution is 0.661. The predicted molar refractivity (Wildman–Crippen MR) is 351 cm³/mol. The van der Waals surface area contributed by atoms with Gasteiger partial charge in [-0.15, -0.1) is 0 Å². The summed E-state index contributed by atoms with van der Waals surface area (Å²) in [5, 5.41) is 2.51. The average Bonchev–Trinajstić information content (AvgIpc) is 1.54. The smallest absolute Gasteiger partial charge is 0.0726 e. The molecule has 0 radical (unpaired) electrons. The Morgan fingerprint density at radius 1 is 0.274 bits per heavy atom. The summed E-state index contributed by atoms with van der Waals surface area (Å²) in [7, 11) is 0. The fourth-order valence-electron chi connectivity index (χ4n) is 14.9. The van der Waals surface area contributed by atoms with E-state index < -0.39 is 5.41 Å². The molecule has 0 saturated carbocycles. The molecule has 1 spiro atoms. The molecule has 17 rings (SSSR count). The highest BCUT2D eigenvalue weighted by atomic mass is 15.1. The van der Waals surface area contributed by atoms with E-state index >= 15 is 0 Å². The maximum absolute atomic E-state index is 2.50. The molecule has 0 aliphatic heterocycles. The van der Waals surface area contributed by atoms with Crippen molar-refractivity contribution in [2.75, 3.05) is 4.90 Å². The first-order chi connectivity index (χ1) is 41.4. The first-order valence-corrected chi connectivity index (χ1v) is 29.4. The molecular weight excluding hydrogens is 1010 g/mol. The van der Waals surface area contributed by atoms with E-state index in [0.29, 0.717) is 0 Å². The topological polar surface area (TPSA) is 8.17 Å². The third-order valence-corrected chi connectivity index (χ3v) is 18.8. The summed E-state index contributed by atoms with van der Waals surface area (Å²) in [6.07, 6.45) is 0. The van der Waals surface area contributed by atoms with E-state index in [1.54, 1.807) is 0 Å². The molecule has 1 aromatic heterocycles. The van der Waals surface area contributed by atoms with Gasteiger partial charge in [0.2, 0.25) is 0 Å². The number of nitrogens with zero attached hydrogens (tertiary/aromatic N) is 2. The molecule has 0 N–H and O–H groups in total. The van der Waals surface area contributed by atoms with Gasteiger partial charge in [0.05, 0.1) is 22.1 Å². The fraction of sp³-hybridized carbons (Fsp3) is 0.0488. The molecule has 1 heterocycles. The van der Waals surface area contributed by atoms with Crippen molar-refractivity contribution >= 4 is 38.9 Å². The Bertz CT molecular complexity index is 4850. The second kappa shape index (κ2) is 18.5. The lowest BCUT2D eigenvalue weighted by Gasteiger charge is -2.32. The molecule has 2 nitrogen and oxygen atoms in total. The molecule has 394 valence electrons. The third kappa shape index (κ3) is 7.04. The van der Waals surface area contributed by atoms with Gasteiger partial charge in [0.1, 0.15) is 0 Å². The van der Waals surface area contributed by atoms with E-state index in [1.807, 2.05) is 0 Å². The molecule has 0 unspecified atom stereocenters. The standard InChI is InChI=1S/C82H56N2/c1-81(2)71-30-17-15-28-64(71)68-51-70-69-48-58(40-47-77(69)84(79(70)52-74(68)81)61-26-13-6-14-27-61)57-36-43-63(44-37-57)83(62-41-34-56(35-42-62)53-20-7-3-8-21-53)78-33-19-32-73-80(78)67-29-16-18-31-72(67)82(73)75-49-59(54-22-9-4-10-23-54)38-45-65(75)66-46-39-60(50-76(66)82)55-24-11-5-12-25-55/h3-52H,1-2H3. The number of fused-ring (bicyclic) bond motifs is 16. The van der Waals surface area contributed by atoms with Gasteiger partial charge in [-0.3, -0.25) is 0 Å². The Balaban J connectivity index is 0.855. The molecule has 14 aromatic rings. The minimum Gasteiger partial charge on any atom is -0.310 e. The zero-order valence-electron chi connectivity index (χ0n) is 46.8. The van der Waals surface area contributed by atoms with Crippen LogP contribution < -0.4 is 4.90 Å². The minimum absolute atomic E-state index is 0.111.